The molecule has 2 unspecified atom stereocenters. The summed E-state index contributed by atoms with van der Waals surface area (Å²) in [5.41, 5.74) is 3.90. The number of hydrogen-bond acceptors (Lipinski definition) is 7. The molecule has 11 heteroatoms. The maximum absolute atomic E-state index is 13.4. The summed E-state index contributed by atoms with van der Waals surface area (Å²) in [7, 11) is 1.64. The zero-order valence-corrected chi connectivity index (χ0v) is 30.2. The normalized spacial score (nSPS) is 23.5. The molecule has 47 heavy (non-hydrogen) atoms. The Balaban J connectivity index is 0.000000564. The van der Waals surface area contributed by atoms with E-state index >= 15 is 0 Å². The van der Waals surface area contributed by atoms with Crippen LogP contribution in [0, 0.1) is 10.8 Å². The molecule has 2 aromatic heterocycles. The summed E-state index contributed by atoms with van der Waals surface area (Å²) in [5, 5.41) is 11.7. The number of pyridine rings is 2. The van der Waals surface area contributed by atoms with Gasteiger partial charge in [-0.3, -0.25) is 9.82 Å². The average molecular weight is 684 g/mol. The van der Waals surface area contributed by atoms with E-state index in [0.717, 1.165) is 53.4 Å². The van der Waals surface area contributed by atoms with Gasteiger partial charge in [-0.05, 0) is 42.4 Å². The maximum atomic E-state index is 13.4. The van der Waals surface area contributed by atoms with Crippen molar-refractivity contribution in [3.63, 3.8) is 0 Å². The summed E-state index contributed by atoms with van der Waals surface area (Å²) in [5.74, 6) is 0.100. The number of aromatic nitrogens is 2. The van der Waals surface area contributed by atoms with Crippen molar-refractivity contribution >= 4 is 12.6 Å². The Morgan fingerprint density at radius 2 is 1.62 bits per heavy atom. The fraction of sp³-hybridized carbons (Fsp3) is 0.722. The molecule has 264 valence electrons. The Morgan fingerprint density at radius 3 is 2.13 bits per heavy atom. The number of aliphatic hydroxyl groups is 1. The van der Waals surface area contributed by atoms with E-state index in [-0.39, 0.29) is 11.3 Å². The van der Waals surface area contributed by atoms with E-state index in [1.165, 1.54) is 18.7 Å². The fourth-order valence-electron chi connectivity index (χ4n) is 7.16. The summed E-state index contributed by atoms with van der Waals surface area (Å²) >= 11 is 3.53. The minimum Gasteiger partial charge on any atom is -0.388 e. The Kier molecular flexibility index (Phi) is 12.0. The number of thiol groups is 1. The van der Waals surface area contributed by atoms with Crippen molar-refractivity contribution in [1.29, 1.82) is 0 Å². The van der Waals surface area contributed by atoms with E-state index in [9.17, 15) is 18.3 Å². The SMILES string of the molecule is CCC(C)(C)C.CO[n+]1c2c(c3c(c1C1CCOCC1)C(c1ccc(C(F)(F)F)nc1)OC31CCOCC1)C(O)CC(C)(C)C2.CS. The quantitative estimate of drug-likeness (QED) is 0.259. The second-order valence-corrected chi connectivity index (χ2v) is 15.0. The standard InChI is InChI=1S/C29H36F3N2O5.C6H14.CH4S/c1-27(2)14-19-22(20(35)15-27)24-23(25(34(19)36-3)17-6-10-37-11-7-17)26(39-28(24)8-12-38-13-9-28)18-4-5-21(33-16-18)29(30,31)32;1-5-6(2,3)4;1-2/h4-5,16-17,20,26,35H,6-15H2,1-3H3;5H2,1-4H3;2H,1H3/q+1;;. The molecule has 2 fully saturated rings. The number of aliphatic hydroxyl groups excluding tert-OH is 1. The Bertz CT molecular complexity index is 1350. The smallest absolute Gasteiger partial charge is 0.388 e. The van der Waals surface area contributed by atoms with Crippen molar-refractivity contribution in [1.82, 2.24) is 4.98 Å². The van der Waals surface area contributed by atoms with Gasteiger partial charge >= 0.3 is 6.18 Å². The molecule has 2 aromatic rings. The van der Waals surface area contributed by atoms with Crippen molar-refractivity contribution in [3.8, 4) is 0 Å². The number of hydrogen-bond donors (Lipinski definition) is 2. The molecule has 7 nitrogen and oxygen atoms in total. The second-order valence-electron chi connectivity index (χ2n) is 15.0. The first-order valence-corrected chi connectivity index (χ1v) is 17.7. The number of fused-ring (bicyclic) bond motifs is 4. The summed E-state index contributed by atoms with van der Waals surface area (Å²) in [4.78, 5) is 9.88. The molecule has 0 amide bonds. The fourth-order valence-corrected chi connectivity index (χ4v) is 7.16. The van der Waals surface area contributed by atoms with E-state index in [0.29, 0.717) is 56.7 Å². The van der Waals surface area contributed by atoms with Gasteiger partial charge in [-0.1, -0.05) is 54.0 Å². The third-order valence-electron chi connectivity index (χ3n) is 9.91. The first-order valence-electron chi connectivity index (χ1n) is 16.8. The van der Waals surface area contributed by atoms with E-state index < -0.39 is 29.7 Å². The van der Waals surface area contributed by atoms with Crippen LogP contribution in [0.2, 0.25) is 0 Å². The van der Waals surface area contributed by atoms with Crippen LogP contribution in [-0.4, -0.2) is 49.9 Å². The molecule has 6 rings (SSSR count). The highest BCUT2D eigenvalue weighted by atomic mass is 32.1. The number of nitrogens with zero attached hydrogens (tertiary/aromatic N) is 2. The molecule has 2 atom stereocenters. The van der Waals surface area contributed by atoms with E-state index in [2.05, 4.69) is 59.2 Å². The van der Waals surface area contributed by atoms with Gasteiger partial charge in [-0.2, -0.15) is 25.8 Å². The number of alkyl halides is 3. The van der Waals surface area contributed by atoms with Gasteiger partial charge in [0.2, 0.25) is 11.4 Å². The van der Waals surface area contributed by atoms with Gasteiger partial charge in [0.15, 0.2) is 0 Å². The maximum Gasteiger partial charge on any atom is 0.433 e. The highest BCUT2D eigenvalue weighted by Gasteiger charge is 2.57. The Hall–Kier alpha value is -1.92. The highest BCUT2D eigenvalue weighted by molar-refractivity contribution is 7.79. The molecule has 1 spiro atoms. The average Bonchev–Trinajstić information content (AvgIpc) is 3.34. The van der Waals surface area contributed by atoms with E-state index in [1.54, 1.807) is 13.4 Å². The van der Waals surface area contributed by atoms with E-state index in [1.807, 2.05) is 4.73 Å². The van der Waals surface area contributed by atoms with Crippen molar-refractivity contribution in [3.05, 3.63) is 57.7 Å². The highest BCUT2D eigenvalue weighted by Crippen LogP contribution is 2.57. The second kappa shape index (κ2) is 14.9. The van der Waals surface area contributed by atoms with Crippen LogP contribution in [0.4, 0.5) is 13.2 Å². The molecular weight excluding hydrogens is 629 g/mol. The monoisotopic (exact) mass is 683 g/mol. The molecule has 5 heterocycles. The third kappa shape index (κ3) is 8.11. The molecular formula is C36H54F3N2O5S+. The third-order valence-corrected chi connectivity index (χ3v) is 9.91. The molecule has 4 aliphatic rings. The van der Waals surface area contributed by atoms with Crippen molar-refractivity contribution in [2.45, 2.75) is 116 Å². The predicted octanol–water partition coefficient (Wildman–Crippen LogP) is 7.46. The topological polar surface area (TPSA) is 73.9 Å². The molecule has 0 saturated carbocycles. The lowest BCUT2D eigenvalue weighted by Crippen LogP contribution is -2.54. The van der Waals surface area contributed by atoms with Crippen LogP contribution < -0.4 is 9.57 Å². The van der Waals surface area contributed by atoms with E-state index in [4.69, 9.17) is 19.0 Å². The van der Waals surface area contributed by atoms with Crippen LogP contribution >= 0.6 is 12.6 Å². The first-order chi connectivity index (χ1) is 22.1. The minimum atomic E-state index is -4.53. The van der Waals surface area contributed by atoms with Crippen LogP contribution in [0.1, 0.15) is 138 Å². The van der Waals surface area contributed by atoms with Crippen LogP contribution in [-0.2, 0) is 32.4 Å². The molecule has 2 saturated heterocycles. The van der Waals surface area contributed by atoms with Crippen LogP contribution in [0.25, 0.3) is 0 Å². The van der Waals surface area contributed by atoms with Crippen LogP contribution in [0.3, 0.4) is 0 Å². The van der Waals surface area contributed by atoms with Crippen LogP contribution in [0.5, 0.6) is 0 Å². The van der Waals surface area contributed by atoms with Gasteiger partial charge in [0, 0.05) is 67.7 Å². The summed E-state index contributed by atoms with van der Waals surface area (Å²) < 4.78 is 60.3. The van der Waals surface area contributed by atoms with Gasteiger partial charge in [0.25, 0.3) is 0 Å². The zero-order chi connectivity index (χ0) is 34.8. The Morgan fingerprint density at radius 1 is 1.02 bits per heavy atom. The van der Waals surface area contributed by atoms with Crippen molar-refractivity contribution < 1.29 is 42.1 Å². The molecule has 0 bridgehead atoms. The molecule has 1 N–H and O–H groups in total. The number of rotatable bonds is 3. The van der Waals surface area contributed by atoms with Gasteiger partial charge in [0.05, 0.1) is 28.7 Å². The van der Waals surface area contributed by atoms with Crippen LogP contribution in [0.15, 0.2) is 18.3 Å². The lowest BCUT2D eigenvalue weighted by molar-refractivity contribution is -0.897. The van der Waals surface area contributed by atoms with Gasteiger partial charge in [-0.25, -0.2) is 0 Å². The molecule has 1 aliphatic carbocycles. The van der Waals surface area contributed by atoms with Gasteiger partial charge < -0.3 is 19.3 Å². The van der Waals surface area contributed by atoms with Crippen molar-refractivity contribution in [2.24, 2.45) is 10.8 Å². The lowest BCUT2D eigenvalue weighted by atomic mass is 9.69. The lowest BCUT2D eigenvalue weighted by Gasteiger charge is -2.39. The first kappa shape index (κ1) is 37.9. The summed E-state index contributed by atoms with van der Waals surface area (Å²) in [6.45, 7) is 15.5. The van der Waals surface area contributed by atoms with Crippen molar-refractivity contribution in [2.75, 3.05) is 39.8 Å². The largest absolute Gasteiger partial charge is 0.433 e. The molecule has 3 aliphatic heterocycles. The minimum absolute atomic E-state index is 0.100. The zero-order valence-electron chi connectivity index (χ0n) is 29.3. The molecule has 0 aromatic carbocycles. The predicted molar refractivity (Wildman–Crippen MR) is 178 cm³/mol. The molecule has 0 radical (unpaired) electrons. The summed E-state index contributed by atoms with van der Waals surface area (Å²) in [6, 6.07) is 2.48. The Labute approximate surface area is 283 Å². The van der Waals surface area contributed by atoms with Gasteiger partial charge in [0.1, 0.15) is 18.9 Å². The van der Waals surface area contributed by atoms with Gasteiger partial charge in [-0.15, -0.1) is 0 Å². The number of halogens is 3. The summed E-state index contributed by atoms with van der Waals surface area (Å²) in [6.07, 6.45) is 2.40. The number of ether oxygens (including phenoxy) is 3.